The number of methoxy groups -OCH3 is 1. The third kappa shape index (κ3) is 4.17. The van der Waals surface area contributed by atoms with Gasteiger partial charge in [0.05, 0.1) is 13.7 Å². The summed E-state index contributed by atoms with van der Waals surface area (Å²) in [5.41, 5.74) is 1.41. The van der Waals surface area contributed by atoms with Crippen molar-refractivity contribution in [3.05, 3.63) is 59.9 Å². The van der Waals surface area contributed by atoms with Crippen molar-refractivity contribution in [3.8, 4) is 11.5 Å². The highest BCUT2D eigenvalue weighted by molar-refractivity contribution is 6.06. The summed E-state index contributed by atoms with van der Waals surface area (Å²) in [5.74, 6) is 1.20. The lowest BCUT2D eigenvalue weighted by Gasteiger charge is -2.10. The fraction of sp³-hybridized carbons (Fsp3) is 0.222. The molecule has 1 atom stereocenters. The number of allylic oxidation sites excluding steroid dienone is 1. The molecular formula is C18H17NO4. The maximum Gasteiger partial charge on any atom is 0.187 e. The predicted octanol–water partition coefficient (Wildman–Crippen LogP) is 2.76. The van der Waals surface area contributed by atoms with Gasteiger partial charge in [-0.2, -0.15) is 0 Å². The smallest absolute Gasteiger partial charge is 0.187 e. The summed E-state index contributed by atoms with van der Waals surface area (Å²) in [5, 5.41) is 0. The van der Waals surface area contributed by atoms with E-state index in [1.807, 2.05) is 18.2 Å². The molecular weight excluding hydrogens is 294 g/mol. The molecule has 1 unspecified atom stereocenters. The zero-order valence-corrected chi connectivity index (χ0v) is 12.8. The van der Waals surface area contributed by atoms with E-state index in [9.17, 15) is 4.79 Å². The minimum atomic E-state index is -0.0947. The summed E-state index contributed by atoms with van der Waals surface area (Å²) < 4.78 is 16.1. The Kier molecular flexibility index (Phi) is 4.68. The van der Waals surface area contributed by atoms with Crippen LogP contribution >= 0.6 is 0 Å². The zero-order chi connectivity index (χ0) is 16.1. The van der Waals surface area contributed by atoms with Gasteiger partial charge in [0.1, 0.15) is 12.7 Å². The molecule has 3 rings (SSSR count). The van der Waals surface area contributed by atoms with E-state index in [-0.39, 0.29) is 11.9 Å². The molecule has 23 heavy (non-hydrogen) atoms. The number of hydrogen-bond acceptors (Lipinski definition) is 5. The molecule has 0 radical (unpaired) electrons. The summed E-state index contributed by atoms with van der Waals surface area (Å²) in [6.45, 7) is 1.24. The van der Waals surface area contributed by atoms with E-state index >= 15 is 0 Å². The second-order valence-corrected chi connectivity index (χ2v) is 5.12. The van der Waals surface area contributed by atoms with Gasteiger partial charge in [0.15, 0.2) is 17.3 Å². The fourth-order valence-corrected chi connectivity index (χ4v) is 2.03. The van der Waals surface area contributed by atoms with Crippen LogP contribution < -0.4 is 9.47 Å². The van der Waals surface area contributed by atoms with E-state index in [0.29, 0.717) is 23.7 Å². The van der Waals surface area contributed by atoms with Crippen LogP contribution in [0, 0.1) is 0 Å². The summed E-state index contributed by atoms with van der Waals surface area (Å²) in [4.78, 5) is 16.0. The van der Waals surface area contributed by atoms with Crippen molar-refractivity contribution in [1.82, 2.24) is 4.98 Å². The molecule has 1 fully saturated rings. The lowest BCUT2D eigenvalue weighted by Crippen LogP contribution is -2.05. The quantitative estimate of drug-likeness (QED) is 0.447. The molecule has 0 spiro atoms. The van der Waals surface area contributed by atoms with Crippen molar-refractivity contribution in [2.75, 3.05) is 20.3 Å². The first-order valence-electron chi connectivity index (χ1n) is 7.31. The van der Waals surface area contributed by atoms with E-state index in [2.05, 4.69) is 4.98 Å². The van der Waals surface area contributed by atoms with Crippen LogP contribution in [0.1, 0.15) is 15.9 Å². The molecule has 0 saturated carbocycles. The van der Waals surface area contributed by atoms with Gasteiger partial charge in [-0.05, 0) is 35.9 Å². The van der Waals surface area contributed by atoms with E-state index in [0.717, 1.165) is 12.2 Å². The Morgan fingerprint density at radius 3 is 2.96 bits per heavy atom. The van der Waals surface area contributed by atoms with Crippen LogP contribution in [-0.4, -0.2) is 37.2 Å². The van der Waals surface area contributed by atoms with Gasteiger partial charge in [0.25, 0.3) is 0 Å². The molecule has 2 aromatic rings. The highest BCUT2D eigenvalue weighted by Crippen LogP contribution is 2.29. The number of ketones is 1. The van der Waals surface area contributed by atoms with Crippen molar-refractivity contribution < 1.29 is 19.0 Å². The maximum absolute atomic E-state index is 12.1. The topological polar surface area (TPSA) is 61.0 Å². The Hall–Kier alpha value is -2.66. The third-order valence-corrected chi connectivity index (χ3v) is 3.39. The van der Waals surface area contributed by atoms with Gasteiger partial charge in [-0.25, -0.2) is 0 Å². The molecule has 5 nitrogen and oxygen atoms in total. The molecule has 0 amide bonds. The van der Waals surface area contributed by atoms with Gasteiger partial charge < -0.3 is 14.2 Å². The Balaban J connectivity index is 1.72. The first-order valence-corrected chi connectivity index (χ1v) is 7.31. The number of epoxide rings is 1. The van der Waals surface area contributed by atoms with Crippen molar-refractivity contribution >= 4 is 11.9 Å². The first-order chi connectivity index (χ1) is 11.3. The molecule has 2 heterocycles. The van der Waals surface area contributed by atoms with Crippen LogP contribution in [0.4, 0.5) is 0 Å². The first kappa shape index (κ1) is 15.2. The summed E-state index contributed by atoms with van der Waals surface area (Å²) in [7, 11) is 1.59. The lowest BCUT2D eigenvalue weighted by molar-refractivity contribution is 0.104. The number of carbonyl (C=O) groups excluding carboxylic acids is 1. The molecule has 5 heteroatoms. The maximum atomic E-state index is 12.1. The molecule has 1 aliphatic heterocycles. The average molecular weight is 311 g/mol. The average Bonchev–Trinajstić information content (AvgIpc) is 3.43. The number of pyridine rings is 1. The molecule has 118 valence electrons. The van der Waals surface area contributed by atoms with Crippen LogP contribution in [0.3, 0.4) is 0 Å². The Morgan fingerprint density at radius 1 is 1.39 bits per heavy atom. The highest BCUT2D eigenvalue weighted by atomic mass is 16.6. The monoisotopic (exact) mass is 311 g/mol. The number of hydrogen-bond donors (Lipinski definition) is 0. The van der Waals surface area contributed by atoms with Gasteiger partial charge in [-0.1, -0.05) is 12.1 Å². The molecule has 0 aliphatic carbocycles. The SMILES string of the molecule is COc1ccc(/C=C/C(=O)c2cccnc2)cc1OCC1CO1. The van der Waals surface area contributed by atoms with E-state index in [1.165, 1.54) is 6.08 Å². The van der Waals surface area contributed by atoms with E-state index in [1.54, 1.807) is 37.7 Å². The Labute approximate surface area is 134 Å². The highest BCUT2D eigenvalue weighted by Gasteiger charge is 2.23. The van der Waals surface area contributed by atoms with Crippen LogP contribution in [0.5, 0.6) is 11.5 Å². The summed E-state index contributed by atoms with van der Waals surface area (Å²) in [6, 6.07) is 9.00. The van der Waals surface area contributed by atoms with E-state index < -0.39 is 0 Å². The van der Waals surface area contributed by atoms with Crippen molar-refractivity contribution in [2.45, 2.75) is 6.10 Å². The minimum Gasteiger partial charge on any atom is -0.493 e. The number of nitrogens with zero attached hydrogens (tertiary/aromatic N) is 1. The zero-order valence-electron chi connectivity index (χ0n) is 12.8. The second kappa shape index (κ2) is 7.07. The van der Waals surface area contributed by atoms with Crippen LogP contribution in [-0.2, 0) is 4.74 Å². The molecule has 1 aromatic heterocycles. The van der Waals surface area contributed by atoms with Gasteiger partial charge in [-0.3, -0.25) is 9.78 Å². The Morgan fingerprint density at radius 2 is 2.26 bits per heavy atom. The minimum absolute atomic E-state index is 0.0947. The predicted molar refractivity (Wildman–Crippen MR) is 85.8 cm³/mol. The van der Waals surface area contributed by atoms with Crippen molar-refractivity contribution in [1.29, 1.82) is 0 Å². The van der Waals surface area contributed by atoms with Gasteiger partial charge >= 0.3 is 0 Å². The number of benzene rings is 1. The number of rotatable bonds is 7. The molecule has 1 aromatic carbocycles. The second-order valence-electron chi connectivity index (χ2n) is 5.12. The summed E-state index contributed by atoms with van der Waals surface area (Å²) in [6.07, 6.45) is 6.62. The van der Waals surface area contributed by atoms with Crippen LogP contribution in [0.15, 0.2) is 48.8 Å². The Bertz CT molecular complexity index is 708. The van der Waals surface area contributed by atoms with Crippen molar-refractivity contribution in [2.24, 2.45) is 0 Å². The van der Waals surface area contributed by atoms with Crippen molar-refractivity contribution in [3.63, 3.8) is 0 Å². The fourth-order valence-electron chi connectivity index (χ4n) is 2.03. The lowest BCUT2D eigenvalue weighted by atomic mass is 10.1. The van der Waals surface area contributed by atoms with E-state index in [4.69, 9.17) is 14.2 Å². The van der Waals surface area contributed by atoms with Gasteiger partial charge in [-0.15, -0.1) is 0 Å². The normalized spacial score (nSPS) is 16.3. The summed E-state index contributed by atoms with van der Waals surface area (Å²) >= 11 is 0. The standard InChI is InChI=1S/C18H17NO4/c1-21-17-7-5-13(9-18(17)23-12-15-11-22-15)4-6-16(20)14-3-2-8-19-10-14/h2-10,15H,11-12H2,1H3/b6-4+. The molecule has 1 aliphatic rings. The largest absolute Gasteiger partial charge is 0.493 e. The molecule has 0 bridgehead atoms. The third-order valence-electron chi connectivity index (χ3n) is 3.39. The van der Waals surface area contributed by atoms with Crippen LogP contribution in [0.2, 0.25) is 0 Å². The number of carbonyl (C=O) groups is 1. The molecule has 1 saturated heterocycles. The van der Waals surface area contributed by atoms with Gasteiger partial charge in [0.2, 0.25) is 0 Å². The van der Waals surface area contributed by atoms with Crippen LogP contribution in [0.25, 0.3) is 6.08 Å². The number of aromatic nitrogens is 1. The molecule has 0 N–H and O–H groups in total. The number of ether oxygens (including phenoxy) is 3. The van der Waals surface area contributed by atoms with Gasteiger partial charge in [0, 0.05) is 18.0 Å².